The summed E-state index contributed by atoms with van der Waals surface area (Å²) in [6.07, 6.45) is -4.43. The summed E-state index contributed by atoms with van der Waals surface area (Å²) < 4.78 is 42.4. The number of alkyl halides is 3. The van der Waals surface area contributed by atoms with Gasteiger partial charge in [-0.3, -0.25) is 9.59 Å². The fourth-order valence-corrected chi connectivity index (χ4v) is 3.26. The molecule has 3 rings (SSSR count). The number of aryl methyl sites for hydroxylation is 2. The van der Waals surface area contributed by atoms with Crippen LogP contribution >= 0.6 is 0 Å². The van der Waals surface area contributed by atoms with Crippen LogP contribution < -0.4 is 10.1 Å². The van der Waals surface area contributed by atoms with Crippen LogP contribution in [0.4, 0.5) is 18.9 Å². The van der Waals surface area contributed by atoms with E-state index in [1.54, 1.807) is 17.9 Å². The maximum Gasteiger partial charge on any atom is 0.422 e. The smallest absolute Gasteiger partial charge is 0.422 e. The molecule has 2 aromatic rings. The van der Waals surface area contributed by atoms with Crippen molar-refractivity contribution < 1.29 is 27.5 Å². The highest BCUT2D eigenvalue weighted by Crippen LogP contribution is 2.29. The summed E-state index contributed by atoms with van der Waals surface area (Å²) in [5.74, 6) is -1.19. The number of anilines is 1. The van der Waals surface area contributed by atoms with E-state index in [1.807, 2.05) is 31.2 Å². The lowest BCUT2D eigenvalue weighted by Gasteiger charge is -2.18. The maximum absolute atomic E-state index is 12.7. The molecule has 2 aromatic carbocycles. The molecule has 1 N–H and O–H groups in total. The number of ether oxygens (including phenoxy) is 1. The zero-order valence-corrected chi connectivity index (χ0v) is 16.8. The van der Waals surface area contributed by atoms with Crippen LogP contribution in [-0.2, 0) is 16.1 Å². The average Bonchev–Trinajstić information content (AvgIpc) is 3.04. The Morgan fingerprint density at radius 2 is 1.80 bits per heavy atom. The van der Waals surface area contributed by atoms with E-state index in [0.29, 0.717) is 12.1 Å². The molecule has 0 spiro atoms. The number of carbonyl (C=O) groups excluding carboxylic acids is 2. The third-order valence-electron chi connectivity index (χ3n) is 4.87. The Morgan fingerprint density at radius 3 is 2.47 bits per heavy atom. The van der Waals surface area contributed by atoms with Crippen LogP contribution in [0.5, 0.6) is 5.75 Å². The lowest BCUT2D eigenvalue weighted by atomic mass is 10.1. The molecule has 0 aliphatic carbocycles. The third-order valence-corrected chi connectivity index (χ3v) is 4.87. The number of nitrogens with one attached hydrogen (secondary N) is 1. The molecule has 1 unspecified atom stereocenters. The number of nitrogens with zero attached hydrogens (tertiary/aromatic N) is 1. The fraction of sp³-hybridized carbons (Fsp3) is 0.364. The first kappa shape index (κ1) is 21.7. The van der Waals surface area contributed by atoms with Crippen molar-refractivity contribution in [2.45, 2.75) is 33.0 Å². The Bertz CT molecular complexity index is 926. The van der Waals surface area contributed by atoms with E-state index in [0.717, 1.165) is 11.1 Å². The highest BCUT2D eigenvalue weighted by molar-refractivity contribution is 5.98. The van der Waals surface area contributed by atoms with Crippen molar-refractivity contribution in [1.29, 1.82) is 0 Å². The third kappa shape index (κ3) is 5.75. The van der Waals surface area contributed by atoms with Gasteiger partial charge in [-0.05, 0) is 37.1 Å². The minimum absolute atomic E-state index is 0.0542. The normalized spacial score (nSPS) is 16.6. The van der Waals surface area contributed by atoms with Gasteiger partial charge >= 0.3 is 6.18 Å². The van der Waals surface area contributed by atoms with Gasteiger partial charge in [-0.1, -0.05) is 35.9 Å². The summed E-state index contributed by atoms with van der Waals surface area (Å²) in [5.41, 5.74) is 2.94. The molecule has 30 heavy (non-hydrogen) atoms. The molecule has 1 fully saturated rings. The van der Waals surface area contributed by atoms with Crippen LogP contribution in [0.1, 0.15) is 23.1 Å². The van der Waals surface area contributed by atoms with Gasteiger partial charge in [0.1, 0.15) is 5.75 Å². The first-order valence-corrected chi connectivity index (χ1v) is 9.55. The number of likely N-dealkylation sites (tertiary alicyclic amines) is 1. The molecule has 1 heterocycles. The predicted octanol–water partition coefficient (Wildman–Crippen LogP) is 4.23. The maximum atomic E-state index is 12.7. The van der Waals surface area contributed by atoms with E-state index < -0.39 is 24.6 Å². The Labute approximate surface area is 172 Å². The van der Waals surface area contributed by atoms with Gasteiger partial charge in [-0.15, -0.1) is 0 Å². The van der Waals surface area contributed by atoms with Crippen molar-refractivity contribution in [2.24, 2.45) is 5.92 Å². The van der Waals surface area contributed by atoms with Crippen molar-refractivity contribution in [3.8, 4) is 5.75 Å². The van der Waals surface area contributed by atoms with Crippen LogP contribution in [0.3, 0.4) is 0 Å². The van der Waals surface area contributed by atoms with Crippen molar-refractivity contribution in [3.63, 3.8) is 0 Å². The van der Waals surface area contributed by atoms with Crippen LogP contribution in [-0.4, -0.2) is 36.0 Å². The molecule has 8 heteroatoms. The Kier molecular flexibility index (Phi) is 6.34. The summed E-state index contributed by atoms with van der Waals surface area (Å²) in [4.78, 5) is 26.6. The molecule has 0 bridgehead atoms. The highest BCUT2D eigenvalue weighted by Gasteiger charge is 2.35. The van der Waals surface area contributed by atoms with Crippen molar-refractivity contribution in [1.82, 2.24) is 4.90 Å². The van der Waals surface area contributed by atoms with Gasteiger partial charge in [-0.25, -0.2) is 0 Å². The van der Waals surface area contributed by atoms with E-state index in [-0.39, 0.29) is 30.3 Å². The Hall–Kier alpha value is -3.03. The number of amides is 2. The second-order valence-electron chi connectivity index (χ2n) is 7.55. The number of carbonyl (C=O) groups is 2. The van der Waals surface area contributed by atoms with E-state index in [9.17, 15) is 22.8 Å². The molecule has 1 aliphatic rings. The van der Waals surface area contributed by atoms with Crippen LogP contribution in [0, 0.1) is 19.8 Å². The first-order valence-electron chi connectivity index (χ1n) is 9.55. The predicted molar refractivity (Wildman–Crippen MR) is 106 cm³/mol. The van der Waals surface area contributed by atoms with E-state index in [1.165, 1.54) is 12.1 Å². The number of benzene rings is 2. The standard InChI is InChI=1S/C22H23F3N2O3/c1-14-3-6-16(7-4-14)11-27-12-17(10-20(27)28)21(29)26-18-8-5-15(2)9-19(18)30-13-22(23,24)25/h3-9,17H,10-13H2,1-2H3,(H,26,29). The topological polar surface area (TPSA) is 58.6 Å². The lowest BCUT2D eigenvalue weighted by molar-refractivity contribution is -0.153. The SMILES string of the molecule is Cc1ccc(CN2CC(C(=O)Nc3ccc(C)cc3OCC(F)(F)F)CC2=O)cc1. The minimum atomic E-state index is -4.49. The summed E-state index contributed by atoms with van der Waals surface area (Å²) in [6.45, 7) is 2.90. The second kappa shape index (κ2) is 8.77. The summed E-state index contributed by atoms with van der Waals surface area (Å²) >= 11 is 0. The van der Waals surface area contributed by atoms with Gasteiger partial charge in [0.15, 0.2) is 6.61 Å². The molecule has 1 saturated heterocycles. The van der Waals surface area contributed by atoms with Gasteiger partial charge in [-0.2, -0.15) is 13.2 Å². The van der Waals surface area contributed by atoms with Gasteiger partial charge in [0.25, 0.3) is 0 Å². The molecule has 0 aromatic heterocycles. The van der Waals surface area contributed by atoms with E-state index in [2.05, 4.69) is 5.32 Å². The molecule has 1 atom stereocenters. The summed E-state index contributed by atoms with van der Waals surface area (Å²) in [6, 6.07) is 12.4. The number of rotatable bonds is 6. The molecule has 160 valence electrons. The molecule has 0 saturated carbocycles. The van der Waals surface area contributed by atoms with Crippen LogP contribution in [0.2, 0.25) is 0 Å². The number of hydrogen-bond acceptors (Lipinski definition) is 3. The van der Waals surface area contributed by atoms with Gasteiger partial charge < -0.3 is 15.0 Å². The number of hydrogen-bond donors (Lipinski definition) is 1. The Morgan fingerprint density at radius 1 is 1.13 bits per heavy atom. The molecular weight excluding hydrogens is 397 g/mol. The zero-order valence-electron chi connectivity index (χ0n) is 16.8. The van der Waals surface area contributed by atoms with E-state index >= 15 is 0 Å². The number of halogens is 3. The van der Waals surface area contributed by atoms with Crippen molar-refractivity contribution >= 4 is 17.5 Å². The molecular formula is C22H23F3N2O3. The van der Waals surface area contributed by atoms with Crippen molar-refractivity contribution in [2.75, 3.05) is 18.5 Å². The molecule has 1 aliphatic heterocycles. The van der Waals surface area contributed by atoms with Crippen LogP contribution in [0.15, 0.2) is 42.5 Å². The lowest BCUT2D eigenvalue weighted by Crippen LogP contribution is -2.28. The summed E-state index contributed by atoms with van der Waals surface area (Å²) in [5, 5.41) is 2.62. The van der Waals surface area contributed by atoms with Crippen LogP contribution in [0.25, 0.3) is 0 Å². The molecule has 2 amide bonds. The molecule has 5 nitrogen and oxygen atoms in total. The van der Waals surface area contributed by atoms with Gasteiger partial charge in [0, 0.05) is 19.5 Å². The molecule has 0 radical (unpaired) electrons. The summed E-state index contributed by atoms with van der Waals surface area (Å²) in [7, 11) is 0. The van der Waals surface area contributed by atoms with Gasteiger partial charge in [0.05, 0.1) is 11.6 Å². The quantitative estimate of drug-likeness (QED) is 0.761. The van der Waals surface area contributed by atoms with Gasteiger partial charge in [0.2, 0.25) is 11.8 Å². The van der Waals surface area contributed by atoms with Crippen molar-refractivity contribution in [3.05, 3.63) is 59.2 Å². The second-order valence-corrected chi connectivity index (χ2v) is 7.55. The minimum Gasteiger partial charge on any atom is -0.482 e. The first-order chi connectivity index (χ1) is 14.1. The highest BCUT2D eigenvalue weighted by atomic mass is 19.4. The monoisotopic (exact) mass is 420 g/mol. The fourth-order valence-electron chi connectivity index (χ4n) is 3.26. The largest absolute Gasteiger partial charge is 0.482 e. The zero-order chi connectivity index (χ0) is 21.9. The average molecular weight is 420 g/mol. The Balaban J connectivity index is 1.65. The van der Waals surface area contributed by atoms with E-state index in [4.69, 9.17) is 4.74 Å².